The first kappa shape index (κ1) is 17.7. The zero-order valence-corrected chi connectivity index (χ0v) is 12.6. The summed E-state index contributed by atoms with van der Waals surface area (Å²) in [7, 11) is 1.72. The third-order valence-corrected chi connectivity index (χ3v) is 4.20. The molecule has 0 bridgehead atoms. The number of rotatable bonds is 5. The van der Waals surface area contributed by atoms with Gasteiger partial charge in [-0.05, 0) is 25.7 Å². The van der Waals surface area contributed by atoms with Crippen LogP contribution >= 0.6 is 12.4 Å². The number of nitrogens with two attached hydrogens (primary N) is 1. The predicted octanol–water partition coefficient (Wildman–Crippen LogP) is 1.81. The van der Waals surface area contributed by atoms with E-state index in [-0.39, 0.29) is 29.8 Å². The fourth-order valence-corrected chi connectivity index (χ4v) is 2.58. The average molecular weight is 279 g/mol. The molecule has 0 aromatic carbocycles. The Labute approximate surface area is 117 Å². The highest BCUT2D eigenvalue weighted by molar-refractivity contribution is 5.85. The first-order valence-electron chi connectivity index (χ1n) is 6.65. The molecule has 1 aliphatic heterocycles. The van der Waals surface area contributed by atoms with Crippen LogP contribution in [0.1, 0.15) is 39.5 Å². The Kier molecular flexibility index (Phi) is 7.83. The van der Waals surface area contributed by atoms with Gasteiger partial charge in [-0.2, -0.15) is 0 Å². The summed E-state index contributed by atoms with van der Waals surface area (Å²) >= 11 is 0. The van der Waals surface area contributed by atoms with Crippen LogP contribution < -0.4 is 5.73 Å². The van der Waals surface area contributed by atoms with Gasteiger partial charge >= 0.3 is 0 Å². The van der Waals surface area contributed by atoms with Gasteiger partial charge in [-0.25, -0.2) is 0 Å². The Bertz CT molecular complexity index is 249. The van der Waals surface area contributed by atoms with Crippen LogP contribution in [0.3, 0.4) is 0 Å². The smallest absolute Gasteiger partial charge is 0.230 e. The van der Waals surface area contributed by atoms with E-state index in [2.05, 4.69) is 0 Å². The Morgan fingerprint density at radius 2 is 2.06 bits per heavy atom. The van der Waals surface area contributed by atoms with Crippen LogP contribution in [0, 0.1) is 5.41 Å². The van der Waals surface area contributed by atoms with Crippen LogP contribution in [-0.4, -0.2) is 43.7 Å². The number of nitrogens with zero attached hydrogens (tertiary/aromatic N) is 1. The number of methoxy groups -OCH3 is 1. The van der Waals surface area contributed by atoms with Crippen LogP contribution in [0.4, 0.5) is 0 Å². The molecule has 0 saturated carbocycles. The molecule has 1 unspecified atom stereocenters. The summed E-state index contributed by atoms with van der Waals surface area (Å²) in [5.74, 6) is 0.215. The molecule has 1 heterocycles. The molecule has 2 N–H and O–H groups in total. The molecule has 18 heavy (non-hydrogen) atoms. The van der Waals surface area contributed by atoms with Crippen molar-refractivity contribution in [2.24, 2.45) is 11.1 Å². The van der Waals surface area contributed by atoms with Crippen molar-refractivity contribution in [1.82, 2.24) is 4.90 Å². The number of hydrogen-bond donors (Lipinski definition) is 1. The lowest BCUT2D eigenvalue weighted by atomic mass is 9.80. The van der Waals surface area contributed by atoms with Gasteiger partial charge < -0.3 is 15.4 Å². The molecule has 4 nitrogen and oxygen atoms in total. The zero-order chi connectivity index (χ0) is 12.9. The number of hydrogen-bond acceptors (Lipinski definition) is 3. The highest BCUT2D eigenvalue weighted by Crippen LogP contribution is 2.29. The van der Waals surface area contributed by atoms with Gasteiger partial charge in [-0.15, -0.1) is 12.4 Å². The minimum Gasteiger partial charge on any atom is -0.380 e. The molecule has 1 fully saturated rings. The molecule has 1 saturated heterocycles. The monoisotopic (exact) mass is 278 g/mol. The minimum absolute atomic E-state index is 0. The minimum atomic E-state index is -0.365. The number of halogens is 1. The molecule has 108 valence electrons. The Morgan fingerprint density at radius 1 is 1.44 bits per heavy atom. The molecule has 5 heteroatoms. The molecule has 1 amide bonds. The molecule has 0 spiro atoms. The number of ether oxygens (including phenoxy) is 1. The quantitative estimate of drug-likeness (QED) is 0.834. The summed E-state index contributed by atoms with van der Waals surface area (Å²) < 4.78 is 5.36. The fraction of sp³-hybridized carbons (Fsp3) is 0.923. The summed E-state index contributed by atoms with van der Waals surface area (Å²) in [5.41, 5.74) is 5.46. The molecular weight excluding hydrogens is 252 g/mol. The summed E-state index contributed by atoms with van der Waals surface area (Å²) in [6.07, 6.45) is 3.89. The van der Waals surface area contributed by atoms with E-state index in [9.17, 15) is 4.79 Å². The number of piperidine rings is 1. The molecule has 0 radical (unpaired) electrons. The van der Waals surface area contributed by atoms with Crippen LogP contribution in [0.25, 0.3) is 0 Å². The van der Waals surface area contributed by atoms with E-state index in [0.717, 1.165) is 38.8 Å². The third kappa shape index (κ3) is 3.59. The van der Waals surface area contributed by atoms with Crippen molar-refractivity contribution in [3.05, 3.63) is 0 Å². The van der Waals surface area contributed by atoms with Crippen LogP contribution in [0.2, 0.25) is 0 Å². The van der Waals surface area contributed by atoms with Crippen molar-refractivity contribution in [3.8, 4) is 0 Å². The van der Waals surface area contributed by atoms with Crippen molar-refractivity contribution < 1.29 is 9.53 Å². The van der Waals surface area contributed by atoms with E-state index in [0.29, 0.717) is 6.54 Å². The molecule has 0 aromatic heterocycles. The van der Waals surface area contributed by atoms with Crippen LogP contribution in [0.5, 0.6) is 0 Å². The van der Waals surface area contributed by atoms with Gasteiger partial charge in [0.25, 0.3) is 0 Å². The second-order valence-corrected chi connectivity index (χ2v) is 4.94. The normalized spacial score (nSPS) is 20.4. The lowest BCUT2D eigenvalue weighted by molar-refractivity contribution is -0.145. The van der Waals surface area contributed by atoms with Crippen molar-refractivity contribution in [2.45, 2.75) is 45.6 Å². The van der Waals surface area contributed by atoms with Gasteiger partial charge in [-0.1, -0.05) is 13.8 Å². The molecule has 1 aliphatic rings. The van der Waals surface area contributed by atoms with E-state index < -0.39 is 0 Å². The van der Waals surface area contributed by atoms with Crippen molar-refractivity contribution in [2.75, 3.05) is 26.7 Å². The summed E-state index contributed by atoms with van der Waals surface area (Å²) in [4.78, 5) is 14.5. The lowest BCUT2D eigenvalue weighted by Crippen LogP contribution is -2.52. The van der Waals surface area contributed by atoms with E-state index >= 15 is 0 Å². The summed E-state index contributed by atoms with van der Waals surface area (Å²) in [6.45, 7) is 6.10. The van der Waals surface area contributed by atoms with Gasteiger partial charge in [0, 0.05) is 26.7 Å². The van der Waals surface area contributed by atoms with Crippen molar-refractivity contribution >= 4 is 18.3 Å². The standard InChI is InChI=1S/C13H26N2O2.ClH/c1-4-13(5-2,10-14)12(16)15-8-6-7-11(9-15)17-3;/h11H,4-10,14H2,1-3H3;1H. The maximum Gasteiger partial charge on any atom is 0.230 e. The Morgan fingerprint density at radius 3 is 2.50 bits per heavy atom. The fourth-order valence-electron chi connectivity index (χ4n) is 2.58. The van der Waals surface area contributed by atoms with E-state index in [1.807, 2.05) is 18.7 Å². The number of carbonyl (C=O) groups excluding carboxylic acids is 1. The summed E-state index contributed by atoms with van der Waals surface area (Å²) in [6, 6.07) is 0. The predicted molar refractivity (Wildman–Crippen MR) is 75.9 cm³/mol. The zero-order valence-electron chi connectivity index (χ0n) is 11.8. The Hall–Kier alpha value is -0.320. The van der Waals surface area contributed by atoms with Gasteiger partial charge in [0.2, 0.25) is 5.91 Å². The van der Waals surface area contributed by atoms with Crippen molar-refractivity contribution in [3.63, 3.8) is 0 Å². The van der Waals surface area contributed by atoms with Gasteiger partial charge in [0.1, 0.15) is 0 Å². The maximum atomic E-state index is 12.6. The van der Waals surface area contributed by atoms with Crippen LogP contribution in [0.15, 0.2) is 0 Å². The average Bonchev–Trinajstić information content (AvgIpc) is 2.41. The first-order chi connectivity index (χ1) is 8.13. The largest absolute Gasteiger partial charge is 0.380 e. The number of carbonyl (C=O) groups is 1. The second-order valence-electron chi connectivity index (χ2n) is 4.94. The number of amides is 1. The van der Waals surface area contributed by atoms with Gasteiger partial charge in [0.05, 0.1) is 11.5 Å². The highest BCUT2D eigenvalue weighted by atomic mass is 35.5. The molecule has 1 atom stereocenters. The lowest BCUT2D eigenvalue weighted by Gasteiger charge is -2.39. The molecule has 0 aromatic rings. The second kappa shape index (κ2) is 7.97. The van der Waals surface area contributed by atoms with Crippen LogP contribution in [-0.2, 0) is 9.53 Å². The van der Waals surface area contributed by atoms with Gasteiger partial charge in [-0.3, -0.25) is 4.79 Å². The van der Waals surface area contributed by atoms with Gasteiger partial charge in [0.15, 0.2) is 0 Å². The van der Waals surface area contributed by atoms with Crippen molar-refractivity contribution in [1.29, 1.82) is 0 Å². The Balaban J connectivity index is 0.00000289. The molecule has 0 aliphatic carbocycles. The summed E-state index contributed by atoms with van der Waals surface area (Å²) in [5, 5.41) is 0. The molecule has 1 rings (SSSR count). The highest BCUT2D eigenvalue weighted by Gasteiger charge is 2.38. The molecular formula is C13H27ClN2O2. The maximum absolute atomic E-state index is 12.6. The number of likely N-dealkylation sites (tertiary alicyclic amines) is 1. The van der Waals surface area contributed by atoms with E-state index in [1.54, 1.807) is 7.11 Å². The first-order valence-corrected chi connectivity index (χ1v) is 6.65. The SMILES string of the molecule is CCC(CC)(CN)C(=O)N1CCCC(OC)C1.Cl. The van der Waals surface area contributed by atoms with E-state index in [4.69, 9.17) is 10.5 Å². The topological polar surface area (TPSA) is 55.6 Å². The third-order valence-electron chi connectivity index (χ3n) is 4.20. The van der Waals surface area contributed by atoms with E-state index in [1.165, 1.54) is 0 Å².